The number of sulfonamides is 1. The third-order valence-electron chi connectivity index (χ3n) is 3.57. The highest BCUT2D eigenvalue weighted by atomic mass is 32.2. The van der Waals surface area contributed by atoms with Crippen molar-refractivity contribution in [2.24, 2.45) is 0 Å². The van der Waals surface area contributed by atoms with Gasteiger partial charge in [-0.3, -0.25) is 4.31 Å². The minimum Gasteiger partial charge on any atom is -0.497 e. The summed E-state index contributed by atoms with van der Waals surface area (Å²) in [5.41, 5.74) is 1.78. The molecule has 0 fully saturated rings. The molecule has 23 heavy (non-hydrogen) atoms. The van der Waals surface area contributed by atoms with Crippen molar-refractivity contribution in [2.75, 3.05) is 18.0 Å². The number of ether oxygens (including phenoxy) is 1. The Morgan fingerprint density at radius 2 is 1.70 bits per heavy atom. The molecule has 0 saturated heterocycles. The van der Waals surface area contributed by atoms with Crippen LogP contribution < -0.4 is 9.04 Å². The Balaban J connectivity index is 2.42. The van der Waals surface area contributed by atoms with E-state index in [-0.39, 0.29) is 11.4 Å². The first-order valence-corrected chi connectivity index (χ1v) is 8.83. The van der Waals surface area contributed by atoms with E-state index >= 15 is 0 Å². The van der Waals surface area contributed by atoms with Crippen LogP contribution in [-0.2, 0) is 16.4 Å². The second-order valence-corrected chi connectivity index (χ2v) is 6.88. The predicted octanol–water partition coefficient (Wildman–Crippen LogP) is 3.64. The molecule has 0 bridgehead atoms. The van der Waals surface area contributed by atoms with Gasteiger partial charge in [-0.2, -0.15) is 0 Å². The molecule has 0 amide bonds. The van der Waals surface area contributed by atoms with E-state index in [0.29, 0.717) is 11.4 Å². The molecule has 0 heterocycles. The van der Waals surface area contributed by atoms with E-state index in [4.69, 9.17) is 4.74 Å². The summed E-state index contributed by atoms with van der Waals surface area (Å²) in [6.45, 7) is 5.94. The summed E-state index contributed by atoms with van der Waals surface area (Å²) in [7, 11) is -2.11. The Hall–Kier alpha value is -2.27. The zero-order valence-corrected chi connectivity index (χ0v) is 14.2. The lowest BCUT2D eigenvalue weighted by atomic mass is 10.1. The van der Waals surface area contributed by atoms with Gasteiger partial charge in [-0.25, -0.2) is 8.42 Å². The van der Waals surface area contributed by atoms with Gasteiger partial charge in [-0.1, -0.05) is 25.1 Å². The van der Waals surface area contributed by atoms with Gasteiger partial charge in [0.1, 0.15) is 5.75 Å². The molecule has 2 aromatic carbocycles. The zero-order valence-electron chi connectivity index (χ0n) is 13.4. The van der Waals surface area contributed by atoms with Crippen LogP contribution in [0.1, 0.15) is 12.5 Å². The van der Waals surface area contributed by atoms with Crippen LogP contribution >= 0.6 is 0 Å². The van der Waals surface area contributed by atoms with Crippen LogP contribution in [0.3, 0.4) is 0 Å². The van der Waals surface area contributed by atoms with Crippen molar-refractivity contribution in [1.29, 1.82) is 0 Å². The third kappa shape index (κ3) is 3.74. The van der Waals surface area contributed by atoms with Crippen molar-refractivity contribution in [1.82, 2.24) is 0 Å². The van der Waals surface area contributed by atoms with Crippen molar-refractivity contribution in [3.05, 3.63) is 66.7 Å². The first-order chi connectivity index (χ1) is 11.0. The second kappa shape index (κ2) is 7.33. The van der Waals surface area contributed by atoms with Gasteiger partial charge in [0, 0.05) is 0 Å². The number of hydrogen-bond acceptors (Lipinski definition) is 3. The fourth-order valence-electron chi connectivity index (χ4n) is 2.23. The lowest BCUT2D eigenvalue weighted by Gasteiger charge is -2.23. The molecule has 0 saturated carbocycles. The summed E-state index contributed by atoms with van der Waals surface area (Å²) >= 11 is 0. The third-order valence-corrected chi connectivity index (χ3v) is 5.38. The minimum absolute atomic E-state index is 0.208. The second-order valence-electron chi connectivity index (χ2n) is 5.02. The van der Waals surface area contributed by atoms with E-state index in [1.54, 1.807) is 37.5 Å². The molecule has 122 valence electrons. The van der Waals surface area contributed by atoms with Gasteiger partial charge in [-0.15, -0.1) is 6.58 Å². The predicted molar refractivity (Wildman–Crippen MR) is 93.5 cm³/mol. The van der Waals surface area contributed by atoms with Crippen molar-refractivity contribution in [2.45, 2.75) is 18.2 Å². The highest BCUT2D eigenvalue weighted by Crippen LogP contribution is 2.25. The van der Waals surface area contributed by atoms with E-state index in [1.807, 2.05) is 24.3 Å². The molecular formula is C18H21NO3S. The summed E-state index contributed by atoms with van der Waals surface area (Å²) in [6.07, 6.45) is 2.49. The fraction of sp³-hybridized carbons (Fsp3) is 0.222. The number of rotatable bonds is 7. The SMILES string of the molecule is C=CCN(c1ccc(CC)cc1)S(=O)(=O)c1ccc(OC)cc1. The average molecular weight is 331 g/mol. The smallest absolute Gasteiger partial charge is 0.264 e. The summed E-state index contributed by atoms with van der Waals surface area (Å²) in [4.78, 5) is 0.222. The van der Waals surface area contributed by atoms with Crippen LogP contribution in [0.5, 0.6) is 5.75 Å². The maximum atomic E-state index is 12.9. The molecule has 0 radical (unpaired) electrons. The van der Waals surface area contributed by atoms with E-state index in [1.165, 1.54) is 4.31 Å². The van der Waals surface area contributed by atoms with Crippen LogP contribution in [0.4, 0.5) is 5.69 Å². The lowest BCUT2D eigenvalue weighted by molar-refractivity contribution is 0.414. The molecular weight excluding hydrogens is 310 g/mol. The van der Waals surface area contributed by atoms with Crippen LogP contribution in [0.25, 0.3) is 0 Å². The Labute approximate surface area is 138 Å². The first-order valence-electron chi connectivity index (χ1n) is 7.39. The molecule has 0 atom stereocenters. The molecule has 0 N–H and O–H groups in total. The van der Waals surface area contributed by atoms with E-state index < -0.39 is 10.0 Å². The molecule has 2 rings (SSSR count). The van der Waals surface area contributed by atoms with Gasteiger partial charge in [0.25, 0.3) is 10.0 Å². The number of aryl methyl sites for hydroxylation is 1. The number of hydrogen-bond donors (Lipinski definition) is 0. The van der Waals surface area contributed by atoms with E-state index in [9.17, 15) is 8.42 Å². The van der Waals surface area contributed by atoms with Crippen molar-refractivity contribution >= 4 is 15.7 Å². The standard InChI is InChI=1S/C18H21NO3S/c1-4-14-19(16-8-6-15(5-2)7-9-16)23(20,21)18-12-10-17(22-3)11-13-18/h4,6-13H,1,5,14H2,2-3H3. The topological polar surface area (TPSA) is 46.6 Å². The fourth-order valence-corrected chi connectivity index (χ4v) is 3.67. The Morgan fingerprint density at radius 3 is 2.17 bits per heavy atom. The molecule has 2 aromatic rings. The molecule has 0 aliphatic rings. The van der Waals surface area contributed by atoms with Crippen molar-refractivity contribution in [3.63, 3.8) is 0 Å². The summed E-state index contributed by atoms with van der Waals surface area (Å²) in [5, 5.41) is 0. The van der Waals surface area contributed by atoms with Crippen LogP contribution in [0.15, 0.2) is 66.1 Å². The summed E-state index contributed by atoms with van der Waals surface area (Å²) < 4.78 is 32.3. The van der Waals surface area contributed by atoms with Crippen LogP contribution in [0, 0.1) is 0 Å². The normalized spacial score (nSPS) is 11.0. The molecule has 0 aliphatic carbocycles. The van der Waals surface area contributed by atoms with Crippen molar-refractivity contribution in [3.8, 4) is 5.75 Å². The van der Waals surface area contributed by atoms with Gasteiger partial charge in [0.05, 0.1) is 24.2 Å². The minimum atomic E-state index is -3.65. The molecule has 0 aromatic heterocycles. The molecule has 5 heteroatoms. The van der Waals surface area contributed by atoms with Crippen LogP contribution in [-0.4, -0.2) is 22.1 Å². The Morgan fingerprint density at radius 1 is 1.09 bits per heavy atom. The monoisotopic (exact) mass is 331 g/mol. The van der Waals surface area contributed by atoms with E-state index in [0.717, 1.165) is 12.0 Å². The highest BCUT2D eigenvalue weighted by molar-refractivity contribution is 7.92. The summed E-state index contributed by atoms with van der Waals surface area (Å²) in [5.74, 6) is 0.617. The Bertz CT molecular complexity index is 750. The zero-order chi connectivity index (χ0) is 16.9. The number of nitrogens with zero attached hydrogens (tertiary/aromatic N) is 1. The number of methoxy groups -OCH3 is 1. The van der Waals surface area contributed by atoms with Gasteiger partial charge >= 0.3 is 0 Å². The molecule has 4 nitrogen and oxygen atoms in total. The lowest BCUT2D eigenvalue weighted by Crippen LogP contribution is -2.31. The van der Waals surface area contributed by atoms with Crippen molar-refractivity contribution < 1.29 is 13.2 Å². The number of benzene rings is 2. The Kier molecular flexibility index (Phi) is 5.45. The quantitative estimate of drug-likeness (QED) is 0.728. The van der Waals surface area contributed by atoms with Gasteiger partial charge in [0.2, 0.25) is 0 Å². The number of anilines is 1. The highest BCUT2D eigenvalue weighted by Gasteiger charge is 2.23. The maximum Gasteiger partial charge on any atom is 0.264 e. The summed E-state index contributed by atoms with van der Waals surface area (Å²) in [6, 6.07) is 13.9. The maximum absolute atomic E-state index is 12.9. The van der Waals surface area contributed by atoms with Gasteiger partial charge in [0.15, 0.2) is 0 Å². The molecule has 0 spiro atoms. The average Bonchev–Trinajstić information content (AvgIpc) is 2.59. The molecule has 0 aliphatic heterocycles. The molecule has 0 unspecified atom stereocenters. The van der Waals surface area contributed by atoms with Crippen LogP contribution in [0.2, 0.25) is 0 Å². The van der Waals surface area contributed by atoms with Gasteiger partial charge < -0.3 is 4.74 Å². The van der Waals surface area contributed by atoms with E-state index in [2.05, 4.69) is 13.5 Å². The largest absolute Gasteiger partial charge is 0.497 e. The first kappa shape index (κ1) is 17.1. The van der Waals surface area contributed by atoms with Gasteiger partial charge in [-0.05, 0) is 48.4 Å².